The monoisotopic (exact) mass is 370 g/mol. The van der Waals surface area contributed by atoms with Crippen LogP contribution in [0.4, 0.5) is 0 Å². The van der Waals surface area contributed by atoms with Crippen LogP contribution in [0.5, 0.6) is 0 Å². The highest BCUT2D eigenvalue weighted by molar-refractivity contribution is 5.90. The van der Waals surface area contributed by atoms with Crippen molar-refractivity contribution in [1.29, 1.82) is 0 Å². The number of benzene rings is 3. The molecule has 0 spiro atoms. The molecule has 138 valence electrons. The van der Waals surface area contributed by atoms with Crippen molar-refractivity contribution in [3.05, 3.63) is 101 Å². The van der Waals surface area contributed by atoms with Crippen LogP contribution in [0.1, 0.15) is 10.4 Å². The fraction of sp³-hybridized carbons (Fsp3) is 0.0870. The minimum Gasteiger partial charge on any atom is -0.460 e. The first-order valence-corrected chi connectivity index (χ1v) is 8.99. The average Bonchev–Trinajstić information content (AvgIpc) is 2.76. The number of rotatable bonds is 5. The van der Waals surface area contributed by atoms with Crippen molar-refractivity contribution in [2.45, 2.75) is 6.54 Å². The van der Waals surface area contributed by atoms with E-state index in [4.69, 9.17) is 4.74 Å². The Balaban J connectivity index is 1.40. The maximum absolute atomic E-state index is 12.4. The maximum Gasteiger partial charge on any atom is 0.338 e. The summed E-state index contributed by atoms with van der Waals surface area (Å²) in [6.07, 6.45) is 1.48. The summed E-state index contributed by atoms with van der Waals surface area (Å²) in [7, 11) is 0. The highest BCUT2D eigenvalue weighted by Crippen LogP contribution is 2.19. The topological polar surface area (TPSA) is 61.2 Å². The van der Waals surface area contributed by atoms with Gasteiger partial charge in [-0.05, 0) is 35.4 Å². The minimum absolute atomic E-state index is 0.0964. The van der Waals surface area contributed by atoms with E-state index in [1.54, 1.807) is 30.3 Å². The number of carbonyl (C=O) groups is 1. The molecule has 28 heavy (non-hydrogen) atoms. The third kappa shape index (κ3) is 3.69. The van der Waals surface area contributed by atoms with Crippen LogP contribution in [0.3, 0.4) is 0 Å². The van der Waals surface area contributed by atoms with Crippen molar-refractivity contribution < 1.29 is 9.53 Å². The quantitative estimate of drug-likeness (QED) is 0.500. The van der Waals surface area contributed by atoms with Gasteiger partial charge in [-0.15, -0.1) is 0 Å². The molecule has 0 saturated carbocycles. The molecule has 5 nitrogen and oxygen atoms in total. The van der Waals surface area contributed by atoms with Crippen LogP contribution in [0.25, 0.3) is 22.0 Å². The average molecular weight is 370 g/mol. The molecule has 5 heteroatoms. The summed E-state index contributed by atoms with van der Waals surface area (Å²) >= 11 is 0. The summed E-state index contributed by atoms with van der Waals surface area (Å²) in [5.74, 6) is -0.415. The summed E-state index contributed by atoms with van der Waals surface area (Å²) < 4.78 is 6.77. The van der Waals surface area contributed by atoms with Gasteiger partial charge in [0.1, 0.15) is 6.61 Å². The van der Waals surface area contributed by atoms with Gasteiger partial charge in [-0.3, -0.25) is 9.36 Å². The lowest BCUT2D eigenvalue weighted by molar-refractivity contribution is 0.0490. The summed E-state index contributed by atoms with van der Waals surface area (Å²) in [6.45, 7) is 0.351. The van der Waals surface area contributed by atoms with Crippen molar-refractivity contribution in [2.75, 3.05) is 6.61 Å². The number of nitrogens with zero attached hydrogens (tertiary/aromatic N) is 2. The summed E-state index contributed by atoms with van der Waals surface area (Å²) in [6, 6.07) is 24.4. The van der Waals surface area contributed by atoms with Gasteiger partial charge >= 0.3 is 5.97 Å². The summed E-state index contributed by atoms with van der Waals surface area (Å²) in [4.78, 5) is 28.9. The molecular formula is C23H18N2O3. The van der Waals surface area contributed by atoms with Crippen LogP contribution in [0, 0.1) is 0 Å². The number of carbonyl (C=O) groups excluding carboxylic acids is 1. The van der Waals surface area contributed by atoms with E-state index in [0.717, 1.165) is 11.1 Å². The van der Waals surface area contributed by atoms with Gasteiger partial charge in [-0.1, -0.05) is 54.6 Å². The first-order valence-electron chi connectivity index (χ1n) is 8.99. The molecule has 0 saturated heterocycles. The third-order valence-electron chi connectivity index (χ3n) is 4.52. The van der Waals surface area contributed by atoms with Gasteiger partial charge in [0.2, 0.25) is 0 Å². The van der Waals surface area contributed by atoms with Crippen LogP contribution in [-0.4, -0.2) is 22.1 Å². The molecule has 0 atom stereocenters. The fourth-order valence-electron chi connectivity index (χ4n) is 3.01. The predicted octanol–water partition coefficient (Wildman–Crippen LogP) is 3.92. The smallest absolute Gasteiger partial charge is 0.338 e. The molecule has 0 radical (unpaired) electrons. The Morgan fingerprint density at radius 3 is 2.32 bits per heavy atom. The van der Waals surface area contributed by atoms with Crippen LogP contribution < -0.4 is 5.56 Å². The molecule has 3 aromatic carbocycles. The van der Waals surface area contributed by atoms with Crippen molar-refractivity contribution >= 4 is 16.9 Å². The van der Waals surface area contributed by atoms with E-state index in [1.807, 2.05) is 48.5 Å². The molecule has 0 N–H and O–H groups in total. The van der Waals surface area contributed by atoms with E-state index in [-0.39, 0.29) is 18.7 Å². The normalized spacial score (nSPS) is 10.7. The predicted molar refractivity (Wildman–Crippen MR) is 108 cm³/mol. The Hall–Kier alpha value is -3.73. The number of para-hydroxylation sites is 1. The second-order valence-corrected chi connectivity index (χ2v) is 6.34. The molecule has 0 amide bonds. The van der Waals surface area contributed by atoms with Crippen molar-refractivity contribution in [1.82, 2.24) is 9.55 Å². The number of aromatic nitrogens is 2. The van der Waals surface area contributed by atoms with Crippen LogP contribution in [0.15, 0.2) is 90.0 Å². The highest BCUT2D eigenvalue weighted by Gasteiger charge is 2.09. The van der Waals surface area contributed by atoms with E-state index >= 15 is 0 Å². The standard InChI is InChI=1S/C23H18N2O3/c26-22-20-8-4-5-9-21(20)24-16-25(22)14-15-28-23(27)19-12-10-18(11-13-19)17-6-2-1-3-7-17/h1-13,16H,14-15H2. The fourth-order valence-corrected chi connectivity index (χ4v) is 3.01. The Morgan fingerprint density at radius 1 is 0.857 bits per heavy atom. The molecule has 0 bridgehead atoms. The zero-order valence-corrected chi connectivity index (χ0v) is 15.1. The van der Waals surface area contributed by atoms with E-state index in [1.165, 1.54) is 10.9 Å². The Kier molecular flexibility index (Phi) is 4.97. The van der Waals surface area contributed by atoms with E-state index in [9.17, 15) is 9.59 Å². The number of hydrogen-bond donors (Lipinski definition) is 0. The van der Waals surface area contributed by atoms with Gasteiger partial charge in [0, 0.05) is 0 Å². The zero-order chi connectivity index (χ0) is 19.3. The molecule has 0 unspecified atom stereocenters. The molecule has 1 heterocycles. The number of hydrogen-bond acceptors (Lipinski definition) is 4. The molecular weight excluding hydrogens is 352 g/mol. The number of ether oxygens (including phenoxy) is 1. The first-order chi connectivity index (χ1) is 13.7. The second-order valence-electron chi connectivity index (χ2n) is 6.34. The Bertz CT molecular complexity index is 1170. The maximum atomic E-state index is 12.4. The molecule has 0 fully saturated rings. The van der Waals surface area contributed by atoms with Gasteiger partial charge < -0.3 is 4.74 Å². The van der Waals surface area contributed by atoms with Gasteiger partial charge in [-0.2, -0.15) is 0 Å². The van der Waals surface area contributed by atoms with Crippen molar-refractivity contribution in [3.63, 3.8) is 0 Å². The van der Waals surface area contributed by atoms with Gasteiger partial charge in [0.05, 0.1) is 29.3 Å². The van der Waals surface area contributed by atoms with Crippen LogP contribution in [0.2, 0.25) is 0 Å². The number of esters is 1. The lowest BCUT2D eigenvalue weighted by atomic mass is 10.0. The molecule has 0 aliphatic carbocycles. The van der Waals surface area contributed by atoms with Gasteiger partial charge in [0.25, 0.3) is 5.56 Å². The second kappa shape index (κ2) is 7.88. The van der Waals surface area contributed by atoms with E-state index < -0.39 is 5.97 Å². The lowest BCUT2D eigenvalue weighted by Gasteiger charge is -2.08. The Labute approximate surface area is 161 Å². The number of fused-ring (bicyclic) bond motifs is 1. The van der Waals surface area contributed by atoms with E-state index in [2.05, 4.69) is 4.98 Å². The van der Waals surface area contributed by atoms with Crippen LogP contribution in [-0.2, 0) is 11.3 Å². The van der Waals surface area contributed by atoms with E-state index in [0.29, 0.717) is 16.5 Å². The van der Waals surface area contributed by atoms with Gasteiger partial charge in [-0.25, -0.2) is 9.78 Å². The molecule has 0 aliphatic rings. The summed E-state index contributed by atoms with van der Waals surface area (Å²) in [5.41, 5.74) is 3.10. The Morgan fingerprint density at radius 2 is 1.54 bits per heavy atom. The molecule has 4 rings (SSSR count). The molecule has 4 aromatic rings. The molecule has 1 aromatic heterocycles. The minimum atomic E-state index is -0.415. The SMILES string of the molecule is O=C(OCCn1cnc2ccccc2c1=O)c1ccc(-c2ccccc2)cc1. The highest BCUT2D eigenvalue weighted by atomic mass is 16.5. The first kappa shape index (κ1) is 17.7. The lowest BCUT2D eigenvalue weighted by Crippen LogP contribution is -2.23. The largest absolute Gasteiger partial charge is 0.460 e. The molecule has 0 aliphatic heterocycles. The zero-order valence-electron chi connectivity index (χ0n) is 15.1. The van der Waals surface area contributed by atoms with Crippen molar-refractivity contribution in [3.8, 4) is 11.1 Å². The van der Waals surface area contributed by atoms with Gasteiger partial charge in [0.15, 0.2) is 0 Å². The van der Waals surface area contributed by atoms with Crippen LogP contribution >= 0.6 is 0 Å². The third-order valence-corrected chi connectivity index (χ3v) is 4.52. The summed E-state index contributed by atoms with van der Waals surface area (Å²) in [5, 5.41) is 0.549. The van der Waals surface area contributed by atoms with Crippen molar-refractivity contribution in [2.24, 2.45) is 0 Å².